The Hall–Kier alpha value is -2.25. The van der Waals surface area contributed by atoms with Gasteiger partial charge in [0.05, 0.1) is 5.75 Å². The average molecular weight is 412 g/mol. The average Bonchev–Trinajstić information content (AvgIpc) is 3.04. The van der Waals surface area contributed by atoms with E-state index >= 15 is 0 Å². The first kappa shape index (κ1) is 19.1. The molecule has 1 amide bonds. The Labute approximate surface area is 172 Å². The van der Waals surface area contributed by atoms with Crippen LogP contribution in [0.2, 0.25) is 0 Å². The number of thioether (sulfide) groups is 1. The molecule has 1 aliphatic carbocycles. The van der Waals surface area contributed by atoms with Gasteiger partial charge in [-0.15, -0.1) is 11.3 Å². The van der Waals surface area contributed by atoms with Crippen molar-refractivity contribution in [2.24, 2.45) is 5.92 Å². The van der Waals surface area contributed by atoms with E-state index in [2.05, 4.69) is 22.2 Å². The summed E-state index contributed by atoms with van der Waals surface area (Å²) >= 11 is 3.22. The van der Waals surface area contributed by atoms with Crippen LogP contribution in [-0.2, 0) is 17.6 Å². The van der Waals surface area contributed by atoms with Crippen LogP contribution in [-0.4, -0.2) is 27.4 Å². The van der Waals surface area contributed by atoms with E-state index in [1.54, 1.807) is 41.9 Å². The van der Waals surface area contributed by atoms with Gasteiger partial charge < -0.3 is 5.32 Å². The zero-order chi connectivity index (χ0) is 19.7. The molecule has 3 aromatic rings. The maximum atomic E-state index is 12.4. The molecule has 0 fully saturated rings. The zero-order valence-corrected chi connectivity index (χ0v) is 17.5. The number of anilines is 1. The minimum absolute atomic E-state index is 0.00898. The van der Waals surface area contributed by atoms with Gasteiger partial charge in [0, 0.05) is 21.5 Å². The molecule has 5 nitrogen and oxygen atoms in total. The predicted octanol–water partition coefficient (Wildman–Crippen LogP) is 4.75. The summed E-state index contributed by atoms with van der Waals surface area (Å²) in [5, 5.41) is 4.90. The molecule has 28 heavy (non-hydrogen) atoms. The Kier molecular flexibility index (Phi) is 5.46. The Balaban J connectivity index is 1.46. The highest BCUT2D eigenvalue weighted by Gasteiger charge is 2.23. The Morgan fingerprint density at radius 2 is 2.04 bits per heavy atom. The molecule has 2 aromatic heterocycles. The molecule has 0 saturated carbocycles. The van der Waals surface area contributed by atoms with E-state index in [0.29, 0.717) is 17.2 Å². The fraction of sp³-hybridized carbons (Fsp3) is 0.333. The molecule has 1 N–H and O–H groups in total. The summed E-state index contributed by atoms with van der Waals surface area (Å²) in [7, 11) is 0. The van der Waals surface area contributed by atoms with Crippen LogP contribution in [0.1, 0.15) is 41.1 Å². The quantitative estimate of drug-likeness (QED) is 0.373. The van der Waals surface area contributed by atoms with Crippen molar-refractivity contribution in [3.05, 3.63) is 46.6 Å². The third-order valence-corrected chi connectivity index (χ3v) is 7.12. The van der Waals surface area contributed by atoms with Crippen LogP contribution in [0.3, 0.4) is 0 Å². The van der Waals surface area contributed by atoms with E-state index in [1.165, 1.54) is 35.5 Å². The summed E-state index contributed by atoms with van der Waals surface area (Å²) < 4.78 is 0. The number of Topliss-reactive ketones (excluding diaryl/α,β-unsaturated/α-hetero) is 1. The van der Waals surface area contributed by atoms with Gasteiger partial charge in [-0.1, -0.05) is 18.7 Å². The van der Waals surface area contributed by atoms with Gasteiger partial charge >= 0.3 is 0 Å². The van der Waals surface area contributed by atoms with Crippen molar-refractivity contribution in [1.82, 2.24) is 9.97 Å². The largest absolute Gasteiger partial charge is 0.325 e. The first-order chi connectivity index (χ1) is 13.5. The second-order valence-electron chi connectivity index (χ2n) is 7.18. The second kappa shape index (κ2) is 8.01. The van der Waals surface area contributed by atoms with Crippen molar-refractivity contribution in [2.75, 3.05) is 11.1 Å². The Bertz CT molecular complexity index is 1040. The van der Waals surface area contributed by atoms with Gasteiger partial charge in [0.2, 0.25) is 5.91 Å². The van der Waals surface area contributed by atoms with Crippen molar-refractivity contribution in [2.45, 2.75) is 38.1 Å². The third-order valence-electron chi connectivity index (χ3n) is 4.97. The summed E-state index contributed by atoms with van der Waals surface area (Å²) in [4.78, 5) is 35.1. The maximum Gasteiger partial charge on any atom is 0.234 e. The van der Waals surface area contributed by atoms with Crippen molar-refractivity contribution in [1.29, 1.82) is 0 Å². The SMILES string of the molecule is CC(=O)c1ccc(NC(=O)CSc2ncnc3sc4c(c23)CCC(C)C4)cc1. The van der Waals surface area contributed by atoms with Crippen molar-refractivity contribution >= 4 is 50.7 Å². The van der Waals surface area contributed by atoms with Gasteiger partial charge in [0.25, 0.3) is 0 Å². The number of hydrogen-bond donors (Lipinski definition) is 1. The van der Waals surface area contributed by atoms with E-state index in [9.17, 15) is 9.59 Å². The molecule has 4 rings (SSSR count). The molecule has 0 bridgehead atoms. The normalized spacial score (nSPS) is 16.0. The second-order valence-corrected chi connectivity index (χ2v) is 9.23. The minimum atomic E-state index is -0.0925. The third kappa shape index (κ3) is 3.95. The number of aryl methyl sites for hydroxylation is 1. The van der Waals surface area contributed by atoms with Gasteiger partial charge in [-0.3, -0.25) is 9.59 Å². The number of carbonyl (C=O) groups is 2. The van der Waals surface area contributed by atoms with Crippen molar-refractivity contribution < 1.29 is 9.59 Å². The number of thiophene rings is 1. The molecular formula is C21H21N3O2S2. The lowest BCUT2D eigenvalue weighted by atomic mass is 9.89. The summed E-state index contributed by atoms with van der Waals surface area (Å²) in [6.07, 6.45) is 4.95. The number of carbonyl (C=O) groups excluding carboxylic acids is 2. The molecule has 1 unspecified atom stereocenters. The lowest BCUT2D eigenvalue weighted by molar-refractivity contribution is -0.113. The molecule has 144 valence electrons. The lowest BCUT2D eigenvalue weighted by Gasteiger charge is -2.18. The number of nitrogens with one attached hydrogen (secondary N) is 1. The molecule has 1 aliphatic rings. The molecule has 0 saturated heterocycles. The van der Waals surface area contributed by atoms with E-state index < -0.39 is 0 Å². The number of benzene rings is 1. The number of fused-ring (bicyclic) bond motifs is 3. The first-order valence-corrected chi connectivity index (χ1v) is 11.1. The van der Waals surface area contributed by atoms with Crippen LogP contribution >= 0.6 is 23.1 Å². The number of rotatable bonds is 5. The van der Waals surface area contributed by atoms with Gasteiger partial charge in [-0.25, -0.2) is 9.97 Å². The topological polar surface area (TPSA) is 72.0 Å². The molecular weight excluding hydrogens is 390 g/mol. The van der Waals surface area contributed by atoms with E-state index in [0.717, 1.165) is 28.1 Å². The predicted molar refractivity (Wildman–Crippen MR) is 114 cm³/mol. The highest BCUT2D eigenvalue weighted by atomic mass is 32.2. The molecule has 7 heteroatoms. The summed E-state index contributed by atoms with van der Waals surface area (Å²) in [6.45, 7) is 3.82. The van der Waals surface area contributed by atoms with E-state index in [1.807, 2.05) is 0 Å². The highest BCUT2D eigenvalue weighted by molar-refractivity contribution is 8.00. The fourth-order valence-corrected chi connectivity index (χ4v) is 5.72. The Morgan fingerprint density at radius 3 is 2.79 bits per heavy atom. The zero-order valence-electron chi connectivity index (χ0n) is 15.8. The standard InChI is InChI=1S/C21H21N3O2S2/c1-12-3-8-16-17(9-12)28-21-19(16)20(22-11-23-21)27-10-18(26)24-15-6-4-14(5-7-15)13(2)25/h4-7,11-12H,3,8-10H2,1-2H3,(H,24,26). The van der Waals surface area contributed by atoms with Crippen LogP contribution in [0.4, 0.5) is 5.69 Å². The monoisotopic (exact) mass is 411 g/mol. The minimum Gasteiger partial charge on any atom is -0.325 e. The number of ketones is 1. The number of amides is 1. The molecule has 0 radical (unpaired) electrons. The highest BCUT2D eigenvalue weighted by Crippen LogP contribution is 2.40. The maximum absolute atomic E-state index is 12.4. The van der Waals surface area contributed by atoms with Gasteiger partial charge in [-0.05, 0) is 61.9 Å². The van der Waals surface area contributed by atoms with Gasteiger partial charge in [0.1, 0.15) is 16.2 Å². The molecule has 0 aliphatic heterocycles. The van der Waals surface area contributed by atoms with E-state index in [-0.39, 0.29) is 17.4 Å². The number of nitrogens with zero attached hydrogens (tertiary/aromatic N) is 2. The van der Waals surface area contributed by atoms with Crippen molar-refractivity contribution in [3.63, 3.8) is 0 Å². The molecule has 1 aromatic carbocycles. The van der Waals surface area contributed by atoms with Crippen LogP contribution < -0.4 is 5.32 Å². The van der Waals surface area contributed by atoms with Crippen LogP contribution in [0.15, 0.2) is 35.6 Å². The van der Waals surface area contributed by atoms with Crippen LogP contribution in [0, 0.1) is 5.92 Å². The first-order valence-electron chi connectivity index (χ1n) is 9.30. The lowest BCUT2D eigenvalue weighted by Crippen LogP contribution is -2.14. The summed E-state index contributed by atoms with van der Waals surface area (Å²) in [5.74, 6) is 0.909. The van der Waals surface area contributed by atoms with Crippen molar-refractivity contribution in [3.8, 4) is 0 Å². The van der Waals surface area contributed by atoms with Gasteiger partial charge in [0.15, 0.2) is 5.78 Å². The van der Waals surface area contributed by atoms with Crippen LogP contribution in [0.5, 0.6) is 0 Å². The van der Waals surface area contributed by atoms with Crippen LogP contribution in [0.25, 0.3) is 10.2 Å². The smallest absolute Gasteiger partial charge is 0.234 e. The summed E-state index contributed by atoms with van der Waals surface area (Å²) in [6, 6.07) is 6.94. The summed E-state index contributed by atoms with van der Waals surface area (Å²) in [5.41, 5.74) is 2.69. The van der Waals surface area contributed by atoms with E-state index in [4.69, 9.17) is 0 Å². The Morgan fingerprint density at radius 1 is 1.25 bits per heavy atom. The number of hydrogen-bond acceptors (Lipinski definition) is 6. The van der Waals surface area contributed by atoms with Gasteiger partial charge in [-0.2, -0.15) is 0 Å². The molecule has 0 spiro atoms. The number of aromatic nitrogens is 2. The molecule has 1 atom stereocenters. The molecule has 2 heterocycles. The fourth-order valence-electron chi connectivity index (χ4n) is 3.47.